The Morgan fingerprint density at radius 2 is 2.14 bits per heavy atom. The minimum Gasteiger partial charge on any atom is -0.497 e. The van der Waals surface area contributed by atoms with Gasteiger partial charge >= 0.3 is 0 Å². The minimum absolute atomic E-state index is 0.162. The van der Waals surface area contributed by atoms with Gasteiger partial charge in [0.15, 0.2) is 0 Å². The predicted molar refractivity (Wildman–Crippen MR) is 82.9 cm³/mol. The molecule has 21 heavy (non-hydrogen) atoms. The zero-order valence-corrected chi connectivity index (χ0v) is 12.9. The maximum atomic E-state index is 12.2. The number of rotatable bonds is 4. The molecular formula is C16H17ClN2O2. The highest BCUT2D eigenvalue weighted by atomic mass is 35.5. The summed E-state index contributed by atoms with van der Waals surface area (Å²) in [5.41, 5.74) is 2.10. The molecule has 0 aliphatic carbocycles. The third-order valence-electron chi connectivity index (χ3n) is 3.18. The lowest BCUT2D eigenvalue weighted by Crippen LogP contribution is -2.27. The topological polar surface area (TPSA) is 51.2 Å². The number of aromatic nitrogens is 1. The highest BCUT2D eigenvalue weighted by Gasteiger charge is 2.15. The van der Waals surface area contributed by atoms with Crippen LogP contribution in [0.15, 0.2) is 36.5 Å². The summed E-state index contributed by atoms with van der Waals surface area (Å²) in [4.78, 5) is 16.4. The van der Waals surface area contributed by atoms with E-state index >= 15 is 0 Å². The Labute approximate surface area is 129 Å². The number of nitrogens with one attached hydrogen (secondary N) is 1. The SMILES string of the molecule is COc1cccc(C(C)NC(=O)c2cnc(C)cc2Cl)c1. The maximum absolute atomic E-state index is 12.2. The van der Waals surface area contributed by atoms with Crippen LogP contribution in [-0.4, -0.2) is 18.0 Å². The second kappa shape index (κ2) is 6.59. The molecule has 4 nitrogen and oxygen atoms in total. The number of amides is 1. The van der Waals surface area contributed by atoms with Gasteiger partial charge in [0, 0.05) is 11.9 Å². The number of hydrogen-bond acceptors (Lipinski definition) is 3. The van der Waals surface area contributed by atoms with E-state index in [-0.39, 0.29) is 11.9 Å². The first-order valence-corrected chi connectivity index (χ1v) is 6.96. The summed E-state index contributed by atoms with van der Waals surface area (Å²) < 4.78 is 5.18. The Morgan fingerprint density at radius 1 is 1.38 bits per heavy atom. The summed E-state index contributed by atoms with van der Waals surface area (Å²) in [7, 11) is 1.61. The Morgan fingerprint density at radius 3 is 2.81 bits per heavy atom. The van der Waals surface area contributed by atoms with Gasteiger partial charge < -0.3 is 10.1 Å². The molecule has 0 aliphatic rings. The fraction of sp³-hybridized carbons (Fsp3) is 0.250. The van der Waals surface area contributed by atoms with E-state index in [4.69, 9.17) is 16.3 Å². The van der Waals surface area contributed by atoms with E-state index in [1.807, 2.05) is 38.1 Å². The van der Waals surface area contributed by atoms with Gasteiger partial charge in [-0.1, -0.05) is 23.7 Å². The third-order valence-corrected chi connectivity index (χ3v) is 3.49. The molecule has 1 atom stereocenters. The second-order valence-electron chi connectivity index (χ2n) is 4.78. The fourth-order valence-electron chi connectivity index (χ4n) is 1.96. The molecule has 0 radical (unpaired) electrons. The molecule has 5 heteroatoms. The summed E-state index contributed by atoms with van der Waals surface area (Å²) in [5.74, 6) is 0.506. The van der Waals surface area contributed by atoms with E-state index in [1.165, 1.54) is 6.20 Å². The van der Waals surface area contributed by atoms with Crippen molar-refractivity contribution in [3.05, 3.63) is 58.4 Å². The van der Waals surface area contributed by atoms with Crippen molar-refractivity contribution in [3.63, 3.8) is 0 Å². The van der Waals surface area contributed by atoms with E-state index in [2.05, 4.69) is 10.3 Å². The van der Waals surface area contributed by atoms with E-state index in [0.717, 1.165) is 17.0 Å². The number of benzene rings is 1. The first-order chi connectivity index (χ1) is 10.0. The van der Waals surface area contributed by atoms with Crippen LogP contribution < -0.4 is 10.1 Å². The summed E-state index contributed by atoms with van der Waals surface area (Å²) in [6.07, 6.45) is 1.49. The molecule has 0 spiro atoms. The van der Waals surface area contributed by atoms with Crippen LogP contribution in [0.4, 0.5) is 0 Å². The summed E-state index contributed by atoms with van der Waals surface area (Å²) >= 11 is 6.08. The highest BCUT2D eigenvalue weighted by Crippen LogP contribution is 2.20. The van der Waals surface area contributed by atoms with Crippen LogP contribution in [0.3, 0.4) is 0 Å². The van der Waals surface area contributed by atoms with Crippen LogP contribution in [-0.2, 0) is 0 Å². The molecule has 1 aromatic carbocycles. The number of pyridine rings is 1. The highest BCUT2D eigenvalue weighted by molar-refractivity contribution is 6.33. The van der Waals surface area contributed by atoms with Crippen LogP contribution in [0.1, 0.15) is 34.6 Å². The van der Waals surface area contributed by atoms with Gasteiger partial charge in [-0.25, -0.2) is 0 Å². The second-order valence-corrected chi connectivity index (χ2v) is 5.18. The largest absolute Gasteiger partial charge is 0.497 e. The number of carbonyl (C=O) groups is 1. The van der Waals surface area contributed by atoms with E-state index in [9.17, 15) is 4.79 Å². The van der Waals surface area contributed by atoms with E-state index < -0.39 is 0 Å². The van der Waals surface area contributed by atoms with Crippen molar-refractivity contribution in [1.82, 2.24) is 10.3 Å². The molecule has 1 N–H and O–H groups in total. The molecule has 2 aromatic rings. The van der Waals surface area contributed by atoms with E-state index in [1.54, 1.807) is 13.2 Å². The molecule has 0 bridgehead atoms. The number of methoxy groups -OCH3 is 1. The number of hydrogen-bond donors (Lipinski definition) is 1. The molecule has 1 amide bonds. The monoisotopic (exact) mass is 304 g/mol. The van der Waals surface area contributed by atoms with Gasteiger partial charge in [-0.05, 0) is 37.6 Å². The first-order valence-electron chi connectivity index (χ1n) is 6.58. The van der Waals surface area contributed by atoms with Crippen LogP contribution in [0, 0.1) is 6.92 Å². The van der Waals surface area contributed by atoms with Gasteiger partial charge in [-0.2, -0.15) is 0 Å². The molecule has 0 saturated heterocycles. The zero-order chi connectivity index (χ0) is 15.4. The quantitative estimate of drug-likeness (QED) is 0.940. The summed E-state index contributed by atoms with van der Waals surface area (Å²) in [6, 6.07) is 9.08. The minimum atomic E-state index is -0.247. The number of nitrogens with zero attached hydrogens (tertiary/aromatic N) is 1. The Hall–Kier alpha value is -2.07. The maximum Gasteiger partial charge on any atom is 0.254 e. The van der Waals surface area contributed by atoms with Gasteiger partial charge in [0.05, 0.1) is 23.7 Å². The van der Waals surface area contributed by atoms with Gasteiger partial charge in [0.2, 0.25) is 0 Å². The van der Waals surface area contributed by atoms with Crippen molar-refractivity contribution in [2.45, 2.75) is 19.9 Å². The standard InChI is InChI=1S/C16H17ClN2O2/c1-10-7-15(17)14(9-18-10)16(20)19-11(2)12-5-4-6-13(8-12)21-3/h4-9,11H,1-3H3,(H,19,20). The molecule has 110 valence electrons. The Bertz CT molecular complexity index is 658. The lowest BCUT2D eigenvalue weighted by atomic mass is 10.1. The molecule has 1 aromatic heterocycles. The lowest BCUT2D eigenvalue weighted by Gasteiger charge is -2.15. The Kier molecular flexibility index (Phi) is 4.81. The lowest BCUT2D eigenvalue weighted by molar-refractivity contribution is 0.0939. The van der Waals surface area contributed by atoms with E-state index in [0.29, 0.717) is 10.6 Å². The van der Waals surface area contributed by atoms with Gasteiger partial charge in [-0.3, -0.25) is 9.78 Å². The van der Waals surface area contributed by atoms with Crippen molar-refractivity contribution < 1.29 is 9.53 Å². The number of ether oxygens (including phenoxy) is 1. The van der Waals surface area contributed by atoms with Crippen LogP contribution in [0.5, 0.6) is 5.75 Å². The first kappa shape index (κ1) is 15.3. The number of aryl methyl sites for hydroxylation is 1. The van der Waals surface area contributed by atoms with Crippen molar-refractivity contribution >= 4 is 17.5 Å². The van der Waals surface area contributed by atoms with Gasteiger partial charge in [0.1, 0.15) is 5.75 Å². The average Bonchev–Trinajstić information content (AvgIpc) is 2.47. The van der Waals surface area contributed by atoms with Gasteiger partial charge in [-0.15, -0.1) is 0 Å². The Balaban J connectivity index is 2.14. The van der Waals surface area contributed by atoms with Crippen LogP contribution >= 0.6 is 11.6 Å². The number of halogens is 1. The molecule has 0 fully saturated rings. The smallest absolute Gasteiger partial charge is 0.254 e. The predicted octanol–water partition coefficient (Wildman–Crippen LogP) is 3.54. The third kappa shape index (κ3) is 3.73. The summed E-state index contributed by atoms with van der Waals surface area (Å²) in [6.45, 7) is 3.73. The zero-order valence-electron chi connectivity index (χ0n) is 12.2. The molecule has 0 aliphatic heterocycles. The van der Waals surface area contributed by atoms with Crippen molar-refractivity contribution in [1.29, 1.82) is 0 Å². The fourth-order valence-corrected chi connectivity index (χ4v) is 2.25. The van der Waals surface area contributed by atoms with Crippen molar-refractivity contribution in [2.24, 2.45) is 0 Å². The van der Waals surface area contributed by atoms with Crippen LogP contribution in [0.25, 0.3) is 0 Å². The van der Waals surface area contributed by atoms with Crippen molar-refractivity contribution in [3.8, 4) is 5.75 Å². The molecule has 1 heterocycles. The normalized spacial score (nSPS) is 11.8. The number of carbonyl (C=O) groups excluding carboxylic acids is 1. The average molecular weight is 305 g/mol. The molecular weight excluding hydrogens is 288 g/mol. The van der Waals surface area contributed by atoms with Crippen LogP contribution in [0.2, 0.25) is 5.02 Å². The molecule has 1 unspecified atom stereocenters. The van der Waals surface area contributed by atoms with Crippen molar-refractivity contribution in [2.75, 3.05) is 7.11 Å². The molecule has 0 saturated carbocycles. The van der Waals surface area contributed by atoms with Gasteiger partial charge in [0.25, 0.3) is 5.91 Å². The summed E-state index contributed by atoms with van der Waals surface area (Å²) in [5, 5.41) is 3.31. The molecule has 2 rings (SSSR count).